The molecule has 26 heavy (non-hydrogen) atoms. The van der Waals surface area contributed by atoms with Crippen molar-refractivity contribution in [2.75, 3.05) is 13.2 Å². The summed E-state index contributed by atoms with van der Waals surface area (Å²) in [7, 11) is 0. The molecule has 0 radical (unpaired) electrons. The van der Waals surface area contributed by atoms with E-state index in [4.69, 9.17) is 21.1 Å². The van der Waals surface area contributed by atoms with Gasteiger partial charge in [-0.15, -0.1) is 0 Å². The number of nitrogens with one attached hydrogen (secondary N) is 2. The fraction of sp³-hybridized carbons (Fsp3) is 0.125. The van der Waals surface area contributed by atoms with E-state index >= 15 is 0 Å². The first-order valence-electron chi connectivity index (χ1n) is 7.28. The number of benzene rings is 2. The lowest BCUT2D eigenvalue weighted by molar-refractivity contribution is -0.385. The summed E-state index contributed by atoms with van der Waals surface area (Å²) in [5.41, 5.74) is 3.98. The van der Waals surface area contributed by atoms with E-state index in [2.05, 4.69) is 10.9 Å². The van der Waals surface area contributed by atoms with Crippen LogP contribution in [-0.2, 0) is 9.59 Å². The lowest BCUT2D eigenvalue weighted by atomic mass is 10.3. The second kappa shape index (κ2) is 9.23. The number of para-hydroxylation sites is 2. The molecule has 0 saturated heterocycles. The Labute approximate surface area is 153 Å². The molecular formula is C16H14ClN3O6. The van der Waals surface area contributed by atoms with Gasteiger partial charge in [0.05, 0.1) is 4.92 Å². The van der Waals surface area contributed by atoms with Crippen molar-refractivity contribution in [1.82, 2.24) is 10.9 Å². The number of hydrazine groups is 1. The summed E-state index contributed by atoms with van der Waals surface area (Å²) in [6.07, 6.45) is 0. The zero-order valence-corrected chi connectivity index (χ0v) is 14.1. The molecule has 0 aromatic heterocycles. The zero-order valence-electron chi connectivity index (χ0n) is 13.3. The molecule has 9 nitrogen and oxygen atoms in total. The maximum atomic E-state index is 11.6. The second-order valence-corrected chi connectivity index (χ2v) is 5.29. The van der Waals surface area contributed by atoms with E-state index in [0.29, 0.717) is 10.8 Å². The van der Waals surface area contributed by atoms with Crippen LogP contribution in [-0.4, -0.2) is 30.0 Å². The third kappa shape index (κ3) is 5.95. The van der Waals surface area contributed by atoms with E-state index in [-0.39, 0.29) is 18.0 Å². The topological polar surface area (TPSA) is 120 Å². The minimum Gasteiger partial charge on any atom is -0.484 e. The molecule has 0 aliphatic heterocycles. The molecule has 2 aromatic rings. The lowest BCUT2D eigenvalue weighted by Crippen LogP contribution is -2.45. The van der Waals surface area contributed by atoms with Gasteiger partial charge in [0, 0.05) is 11.1 Å². The van der Waals surface area contributed by atoms with E-state index in [1.54, 1.807) is 24.3 Å². The average Bonchev–Trinajstić information content (AvgIpc) is 2.64. The van der Waals surface area contributed by atoms with Crippen molar-refractivity contribution in [3.05, 3.63) is 63.7 Å². The number of carbonyl (C=O) groups is 2. The zero-order chi connectivity index (χ0) is 18.9. The molecule has 0 fully saturated rings. The molecule has 0 heterocycles. The summed E-state index contributed by atoms with van der Waals surface area (Å²) in [4.78, 5) is 33.4. The van der Waals surface area contributed by atoms with Gasteiger partial charge >= 0.3 is 5.69 Å². The van der Waals surface area contributed by atoms with Gasteiger partial charge in [-0.25, -0.2) is 0 Å². The Morgan fingerprint density at radius 3 is 2.15 bits per heavy atom. The van der Waals surface area contributed by atoms with E-state index in [1.807, 2.05) is 0 Å². The summed E-state index contributed by atoms with van der Waals surface area (Å²) in [5, 5.41) is 11.4. The fourth-order valence-electron chi connectivity index (χ4n) is 1.76. The molecule has 0 spiro atoms. The Morgan fingerprint density at radius 2 is 1.54 bits per heavy atom. The number of hydrogen-bond acceptors (Lipinski definition) is 6. The lowest BCUT2D eigenvalue weighted by Gasteiger charge is -2.10. The quantitative estimate of drug-likeness (QED) is 0.559. The van der Waals surface area contributed by atoms with Gasteiger partial charge < -0.3 is 9.47 Å². The molecule has 2 amide bonds. The Hall–Kier alpha value is -3.33. The minimum absolute atomic E-state index is 0.0509. The Bertz CT molecular complexity index is 797. The number of nitro benzene ring substituents is 1. The predicted octanol–water partition coefficient (Wildman–Crippen LogP) is 1.85. The van der Waals surface area contributed by atoms with Crippen LogP contribution in [0.2, 0.25) is 5.02 Å². The van der Waals surface area contributed by atoms with Crippen LogP contribution in [0.4, 0.5) is 5.69 Å². The average molecular weight is 380 g/mol. The number of nitro groups is 1. The van der Waals surface area contributed by atoms with Crippen molar-refractivity contribution >= 4 is 29.1 Å². The van der Waals surface area contributed by atoms with Crippen LogP contribution in [0.15, 0.2) is 48.5 Å². The summed E-state index contributed by atoms with van der Waals surface area (Å²) in [6, 6.07) is 12.0. The molecule has 136 valence electrons. The smallest absolute Gasteiger partial charge is 0.310 e. The van der Waals surface area contributed by atoms with Gasteiger partial charge in [0.1, 0.15) is 5.75 Å². The monoisotopic (exact) mass is 379 g/mol. The maximum absolute atomic E-state index is 11.6. The highest BCUT2D eigenvalue weighted by atomic mass is 35.5. The van der Waals surface area contributed by atoms with Crippen LogP contribution in [0.25, 0.3) is 0 Å². The number of amides is 2. The third-order valence-corrected chi connectivity index (χ3v) is 3.20. The predicted molar refractivity (Wildman–Crippen MR) is 91.8 cm³/mol. The standard InChI is InChI=1S/C16H14ClN3O6/c17-11-5-7-12(8-6-11)25-9-15(21)18-19-16(22)10-26-14-4-2-1-3-13(14)20(23)24/h1-8H,9-10H2,(H,18,21)(H,19,22). The van der Waals surface area contributed by atoms with E-state index in [1.165, 1.54) is 24.3 Å². The van der Waals surface area contributed by atoms with Crippen LogP contribution in [0.3, 0.4) is 0 Å². The van der Waals surface area contributed by atoms with Gasteiger partial charge in [0.25, 0.3) is 11.8 Å². The van der Waals surface area contributed by atoms with Crippen molar-refractivity contribution in [1.29, 1.82) is 0 Å². The molecule has 0 aliphatic rings. The van der Waals surface area contributed by atoms with Crippen LogP contribution in [0, 0.1) is 10.1 Å². The van der Waals surface area contributed by atoms with E-state index in [0.717, 1.165) is 0 Å². The summed E-state index contributed by atoms with van der Waals surface area (Å²) in [6.45, 7) is -0.837. The van der Waals surface area contributed by atoms with Crippen molar-refractivity contribution in [3.8, 4) is 11.5 Å². The van der Waals surface area contributed by atoms with Gasteiger partial charge in [0.15, 0.2) is 19.0 Å². The molecule has 10 heteroatoms. The number of carbonyl (C=O) groups excluding carboxylic acids is 2. The molecule has 2 N–H and O–H groups in total. The molecule has 2 rings (SSSR count). The summed E-state index contributed by atoms with van der Waals surface area (Å²) < 4.78 is 10.3. The highest BCUT2D eigenvalue weighted by Crippen LogP contribution is 2.25. The molecule has 0 aliphatic carbocycles. The van der Waals surface area contributed by atoms with Crippen LogP contribution >= 0.6 is 11.6 Å². The number of hydrogen-bond donors (Lipinski definition) is 2. The Balaban J connectivity index is 1.72. The van der Waals surface area contributed by atoms with Gasteiger partial charge in [-0.2, -0.15) is 0 Å². The third-order valence-electron chi connectivity index (χ3n) is 2.95. The first-order valence-corrected chi connectivity index (χ1v) is 7.66. The summed E-state index contributed by atoms with van der Waals surface area (Å²) in [5.74, 6) is -0.900. The SMILES string of the molecule is O=C(COc1ccc(Cl)cc1)NNC(=O)COc1ccccc1[N+](=O)[O-]. The first kappa shape index (κ1) is 19.0. The normalized spacial score (nSPS) is 9.88. The van der Waals surface area contributed by atoms with Crippen LogP contribution in [0.1, 0.15) is 0 Å². The van der Waals surface area contributed by atoms with E-state index in [9.17, 15) is 19.7 Å². The Morgan fingerprint density at radius 1 is 0.962 bits per heavy atom. The van der Waals surface area contributed by atoms with Crippen molar-refractivity contribution in [2.45, 2.75) is 0 Å². The van der Waals surface area contributed by atoms with E-state index < -0.39 is 23.3 Å². The van der Waals surface area contributed by atoms with Crippen LogP contribution < -0.4 is 20.3 Å². The molecular weight excluding hydrogens is 366 g/mol. The fourth-order valence-corrected chi connectivity index (χ4v) is 1.89. The Kier molecular flexibility index (Phi) is 6.75. The summed E-state index contributed by atoms with van der Waals surface area (Å²) >= 11 is 5.73. The molecule has 0 unspecified atom stereocenters. The molecule has 2 aromatic carbocycles. The van der Waals surface area contributed by atoms with Gasteiger partial charge in [-0.1, -0.05) is 23.7 Å². The first-order chi connectivity index (χ1) is 12.5. The number of ether oxygens (including phenoxy) is 2. The van der Waals surface area contributed by atoms with Gasteiger partial charge in [-0.05, 0) is 30.3 Å². The molecule has 0 saturated carbocycles. The largest absolute Gasteiger partial charge is 0.484 e. The minimum atomic E-state index is -0.692. The highest BCUT2D eigenvalue weighted by Gasteiger charge is 2.15. The van der Waals surface area contributed by atoms with Crippen molar-refractivity contribution in [2.24, 2.45) is 0 Å². The number of nitrogens with zero attached hydrogens (tertiary/aromatic N) is 1. The van der Waals surface area contributed by atoms with Crippen molar-refractivity contribution < 1.29 is 24.0 Å². The second-order valence-electron chi connectivity index (χ2n) is 4.85. The number of rotatable bonds is 7. The maximum Gasteiger partial charge on any atom is 0.310 e. The molecule has 0 atom stereocenters. The van der Waals surface area contributed by atoms with Gasteiger partial charge in [-0.3, -0.25) is 30.6 Å². The van der Waals surface area contributed by atoms with Crippen LogP contribution in [0.5, 0.6) is 11.5 Å². The number of halogens is 1. The van der Waals surface area contributed by atoms with Crippen molar-refractivity contribution in [3.63, 3.8) is 0 Å². The highest BCUT2D eigenvalue weighted by molar-refractivity contribution is 6.30. The van der Waals surface area contributed by atoms with Gasteiger partial charge in [0.2, 0.25) is 0 Å². The molecule has 0 bridgehead atoms.